The Morgan fingerprint density at radius 3 is 2.59 bits per heavy atom. The zero-order chi connectivity index (χ0) is 29.1. The monoisotopic (exact) mass is 557 g/mol. The van der Waals surface area contributed by atoms with Crippen molar-refractivity contribution in [1.29, 1.82) is 0 Å². The minimum Gasteiger partial charge on any atom is -0.392 e. The third-order valence-electron chi connectivity index (χ3n) is 7.36. The van der Waals surface area contributed by atoms with Crippen LogP contribution in [-0.2, 0) is 19.7 Å². The van der Waals surface area contributed by atoms with Gasteiger partial charge in [0.25, 0.3) is 5.56 Å². The number of aliphatic hydroxyl groups is 1. The van der Waals surface area contributed by atoms with E-state index in [0.717, 1.165) is 48.8 Å². The molecule has 0 aliphatic carbocycles. The number of aromatic nitrogens is 5. The first-order chi connectivity index (χ1) is 19.8. The van der Waals surface area contributed by atoms with Gasteiger partial charge in [-0.1, -0.05) is 12.1 Å². The topological polar surface area (TPSA) is 108 Å². The molecular weight excluding hydrogens is 518 g/mol. The maximum Gasteiger partial charge on any atom is 0.278 e. The van der Waals surface area contributed by atoms with Crippen molar-refractivity contribution in [3.8, 4) is 5.82 Å². The summed E-state index contributed by atoms with van der Waals surface area (Å²) in [5.74, 6) is 0.932. The number of hydrogen-bond acceptors (Lipinski definition) is 9. The quantitative estimate of drug-likeness (QED) is 0.285. The third-order valence-corrected chi connectivity index (χ3v) is 7.36. The molecule has 11 nitrogen and oxygen atoms in total. The van der Waals surface area contributed by atoms with Crippen LogP contribution in [0.4, 0.5) is 17.3 Å². The summed E-state index contributed by atoms with van der Waals surface area (Å²) >= 11 is 0. The molecule has 0 radical (unpaired) electrons. The Hall–Kier alpha value is -4.06. The van der Waals surface area contributed by atoms with Gasteiger partial charge in [-0.2, -0.15) is 4.98 Å². The first kappa shape index (κ1) is 28.5. The fourth-order valence-electron chi connectivity index (χ4n) is 5.31. The van der Waals surface area contributed by atoms with Crippen molar-refractivity contribution in [2.24, 2.45) is 0 Å². The van der Waals surface area contributed by atoms with Crippen LogP contribution in [0, 0.1) is 0 Å². The number of rotatable bonds is 10. The number of benzene rings is 1. The van der Waals surface area contributed by atoms with Crippen LogP contribution in [0.5, 0.6) is 0 Å². The molecule has 1 aliphatic heterocycles. The van der Waals surface area contributed by atoms with E-state index in [1.807, 2.05) is 55.4 Å². The molecule has 1 fully saturated rings. The van der Waals surface area contributed by atoms with Crippen LogP contribution in [0.25, 0.3) is 16.9 Å². The van der Waals surface area contributed by atoms with Crippen molar-refractivity contribution >= 4 is 28.4 Å². The Morgan fingerprint density at radius 2 is 1.90 bits per heavy atom. The number of aliphatic hydroxyl groups excluding tert-OH is 1. The number of nitrogens with one attached hydrogen (secondary N) is 1. The number of fused-ring (bicyclic) bond motifs is 1. The van der Waals surface area contributed by atoms with Gasteiger partial charge in [0.05, 0.1) is 18.8 Å². The van der Waals surface area contributed by atoms with Crippen LogP contribution in [0.1, 0.15) is 25.1 Å². The summed E-state index contributed by atoms with van der Waals surface area (Å²) in [5.41, 5.74) is 3.74. The van der Waals surface area contributed by atoms with Gasteiger partial charge >= 0.3 is 0 Å². The van der Waals surface area contributed by atoms with Crippen molar-refractivity contribution in [3.63, 3.8) is 0 Å². The lowest BCUT2D eigenvalue weighted by Gasteiger charge is -2.38. The van der Waals surface area contributed by atoms with E-state index in [1.165, 1.54) is 0 Å². The predicted octanol–water partition coefficient (Wildman–Crippen LogP) is 2.99. The molecule has 0 atom stereocenters. The first-order valence-corrected chi connectivity index (χ1v) is 14.0. The largest absolute Gasteiger partial charge is 0.392 e. The highest BCUT2D eigenvalue weighted by molar-refractivity contribution is 5.77. The Morgan fingerprint density at radius 1 is 1.12 bits per heavy atom. The molecule has 1 saturated heterocycles. The van der Waals surface area contributed by atoms with Crippen molar-refractivity contribution in [2.45, 2.75) is 39.6 Å². The fourth-order valence-corrected chi connectivity index (χ4v) is 5.31. The molecule has 0 unspecified atom stereocenters. The second-order valence-corrected chi connectivity index (χ2v) is 10.9. The number of piperazine rings is 1. The van der Waals surface area contributed by atoms with Crippen LogP contribution in [0.15, 0.2) is 60.0 Å². The zero-order valence-electron chi connectivity index (χ0n) is 24.3. The smallest absolute Gasteiger partial charge is 0.278 e. The maximum atomic E-state index is 13.3. The summed E-state index contributed by atoms with van der Waals surface area (Å²) in [6, 6.07) is 12.2. The van der Waals surface area contributed by atoms with E-state index in [1.54, 1.807) is 21.6 Å². The molecule has 2 N–H and O–H groups in total. The molecule has 11 heteroatoms. The van der Waals surface area contributed by atoms with Gasteiger partial charge in [0, 0.05) is 61.9 Å². The van der Waals surface area contributed by atoms with Gasteiger partial charge in [-0.25, -0.2) is 19.3 Å². The van der Waals surface area contributed by atoms with Gasteiger partial charge in [-0.05, 0) is 58.3 Å². The van der Waals surface area contributed by atoms with E-state index in [4.69, 9.17) is 9.97 Å². The van der Waals surface area contributed by atoms with Crippen LogP contribution in [0.2, 0.25) is 0 Å². The minimum absolute atomic E-state index is 0.0754. The number of hydrogen-bond donors (Lipinski definition) is 2. The normalized spacial score (nSPS) is 14.4. The highest BCUT2D eigenvalue weighted by Gasteiger charge is 2.22. The summed E-state index contributed by atoms with van der Waals surface area (Å²) in [4.78, 5) is 34.1. The summed E-state index contributed by atoms with van der Waals surface area (Å²) < 4.78 is 3.29. The molecule has 5 rings (SSSR count). The summed E-state index contributed by atoms with van der Waals surface area (Å²) in [6.45, 7) is 13.0. The Bertz CT molecular complexity index is 1580. The highest BCUT2D eigenvalue weighted by Crippen LogP contribution is 2.27. The van der Waals surface area contributed by atoms with Crippen molar-refractivity contribution in [2.75, 3.05) is 50.5 Å². The number of pyridine rings is 1. The molecule has 0 spiro atoms. The van der Waals surface area contributed by atoms with Crippen LogP contribution >= 0.6 is 0 Å². The van der Waals surface area contributed by atoms with Gasteiger partial charge in [-0.3, -0.25) is 9.69 Å². The third kappa shape index (κ3) is 6.02. The molecule has 216 valence electrons. The predicted molar refractivity (Wildman–Crippen MR) is 163 cm³/mol. The molecule has 3 aromatic heterocycles. The van der Waals surface area contributed by atoms with Gasteiger partial charge in [-0.15, -0.1) is 6.58 Å². The van der Waals surface area contributed by atoms with Crippen LogP contribution < -0.4 is 15.8 Å². The molecule has 4 heterocycles. The lowest BCUT2D eigenvalue weighted by atomic mass is 10.1. The Kier molecular flexibility index (Phi) is 8.48. The fraction of sp³-hybridized carbons (Fsp3) is 0.400. The van der Waals surface area contributed by atoms with E-state index in [0.29, 0.717) is 41.9 Å². The Labute approximate surface area is 240 Å². The van der Waals surface area contributed by atoms with E-state index >= 15 is 0 Å². The SMILES string of the molecule is C=CCn1c(=O)c2cnc(Nc3ccc(N4CCN(C(C)C)CC4)c(CO)c3)nc2n1-c1cccc(CN(C)C)n1. The van der Waals surface area contributed by atoms with Crippen molar-refractivity contribution < 1.29 is 5.11 Å². The second kappa shape index (κ2) is 12.2. The molecular formula is C30H39N9O2. The molecule has 0 saturated carbocycles. The van der Waals surface area contributed by atoms with Crippen LogP contribution in [-0.4, -0.2) is 85.5 Å². The summed E-state index contributed by atoms with van der Waals surface area (Å²) in [7, 11) is 3.97. The molecule has 0 amide bonds. The van der Waals surface area contributed by atoms with Crippen molar-refractivity contribution in [3.05, 3.63) is 76.9 Å². The average molecular weight is 558 g/mol. The maximum absolute atomic E-state index is 13.3. The lowest BCUT2D eigenvalue weighted by Crippen LogP contribution is -2.49. The molecule has 1 aliphatic rings. The second-order valence-electron chi connectivity index (χ2n) is 10.9. The standard InChI is InChI=1S/C30H39N9O2/c1-6-12-38-29(41)25-18-31-30(34-28(25)39(38)27-9-7-8-24(32-27)19-35(4)5)33-23-10-11-26(22(17-23)20-40)37-15-13-36(14-16-37)21(2)3/h6-11,17-18,21,40H,1,12-16,19-20H2,2-5H3,(H,31,33,34). The number of anilines is 3. The number of nitrogens with zero attached hydrogens (tertiary/aromatic N) is 8. The average Bonchev–Trinajstić information content (AvgIpc) is 3.23. The Balaban J connectivity index is 1.47. The van der Waals surface area contributed by atoms with Gasteiger partial charge in [0.2, 0.25) is 5.95 Å². The summed E-state index contributed by atoms with van der Waals surface area (Å²) in [5, 5.41) is 13.9. The minimum atomic E-state index is -0.212. The van der Waals surface area contributed by atoms with E-state index in [2.05, 4.69) is 40.5 Å². The first-order valence-electron chi connectivity index (χ1n) is 14.0. The zero-order valence-corrected chi connectivity index (χ0v) is 24.3. The van der Waals surface area contributed by atoms with Crippen molar-refractivity contribution in [1.82, 2.24) is 34.1 Å². The molecule has 1 aromatic carbocycles. The van der Waals surface area contributed by atoms with Gasteiger partial charge < -0.3 is 20.2 Å². The highest BCUT2D eigenvalue weighted by atomic mass is 16.3. The van der Waals surface area contributed by atoms with E-state index < -0.39 is 0 Å². The van der Waals surface area contributed by atoms with Gasteiger partial charge in [0.15, 0.2) is 11.5 Å². The van der Waals surface area contributed by atoms with Crippen LogP contribution in [0.3, 0.4) is 0 Å². The summed E-state index contributed by atoms with van der Waals surface area (Å²) in [6.07, 6.45) is 3.22. The molecule has 0 bridgehead atoms. The van der Waals surface area contributed by atoms with Gasteiger partial charge in [0.1, 0.15) is 5.39 Å². The van der Waals surface area contributed by atoms with E-state index in [-0.39, 0.29) is 12.2 Å². The molecule has 4 aromatic rings. The van der Waals surface area contributed by atoms with E-state index in [9.17, 15) is 9.90 Å². The number of allylic oxidation sites excluding steroid dienone is 1. The lowest BCUT2D eigenvalue weighted by molar-refractivity contribution is 0.209. The molecule has 41 heavy (non-hydrogen) atoms.